The van der Waals surface area contributed by atoms with Gasteiger partial charge in [-0.2, -0.15) is 0 Å². The molecule has 22 heavy (non-hydrogen) atoms. The van der Waals surface area contributed by atoms with Gasteiger partial charge in [0.05, 0.1) is 0 Å². The molecule has 0 unspecified atom stereocenters. The van der Waals surface area contributed by atoms with E-state index in [1.54, 1.807) is 30.3 Å². The molecule has 0 saturated heterocycles. The van der Waals surface area contributed by atoms with Crippen LogP contribution in [0.15, 0.2) is 48.5 Å². The zero-order valence-electron chi connectivity index (χ0n) is 11.4. The molecule has 0 aliphatic heterocycles. The van der Waals surface area contributed by atoms with Crippen molar-refractivity contribution in [3.63, 3.8) is 0 Å². The zero-order chi connectivity index (χ0) is 16.4. The molecule has 0 aliphatic rings. The predicted octanol–water partition coefficient (Wildman–Crippen LogP) is 1.73. The molecule has 0 aliphatic carbocycles. The van der Waals surface area contributed by atoms with Gasteiger partial charge in [-0.25, -0.2) is 0 Å². The second-order valence-electron chi connectivity index (χ2n) is 4.50. The van der Waals surface area contributed by atoms with Crippen LogP contribution < -0.4 is 13.6 Å². The summed E-state index contributed by atoms with van der Waals surface area (Å²) in [4.78, 5) is 0. The van der Waals surface area contributed by atoms with Crippen LogP contribution in [0.3, 0.4) is 0 Å². The molecule has 0 fully saturated rings. The van der Waals surface area contributed by atoms with Crippen molar-refractivity contribution in [2.24, 2.45) is 0 Å². The van der Waals surface area contributed by atoms with E-state index >= 15 is 0 Å². The van der Waals surface area contributed by atoms with Crippen LogP contribution in [0.5, 0.6) is 0 Å². The van der Waals surface area contributed by atoms with Gasteiger partial charge in [-0.05, 0) is 0 Å². The number of anilines is 1. The van der Waals surface area contributed by atoms with E-state index in [4.69, 9.17) is 0 Å². The van der Waals surface area contributed by atoms with Crippen molar-refractivity contribution < 1.29 is 21.6 Å². The molecule has 0 saturated carbocycles. The Kier molecular flexibility index (Phi) is 4.84. The first-order valence-electron chi connectivity index (χ1n) is 6.07. The van der Waals surface area contributed by atoms with Crippen molar-refractivity contribution in [2.75, 3.05) is 11.0 Å². The van der Waals surface area contributed by atoms with Gasteiger partial charge in [-0.3, -0.25) is 0 Å². The van der Waals surface area contributed by atoms with E-state index in [2.05, 4.69) is 4.72 Å². The number of hydrogen-bond donors (Lipinski definition) is 1. The average Bonchev–Trinajstić information content (AvgIpc) is 2.39. The van der Waals surface area contributed by atoms with Gasteiger partial charge in [0, 0.05) is 0 Å². The summed E-state index contributed by atoms with van der Waals surface area (Å²) in [6.07, 6.45) is -3.50. The van der Waals surface area contributed by atoms with Crippen LogP contribution in [0.2, 0.25) is 0 Å². The van der Waals surface area contributed by atoms with Gasteiger partial charge in [-0.1, -0.05) is 0 Å². The van der Waals surface area contributed by atoms with E-state index in [0.717, 1.165) is 28.9 Å². The molecular weight excluding hydrogens is 382 g/mol. The molecule has 1 N–H and O–H groups in total. The molecule has 2 aromatic carbocycles. The van der Waals surface area contributed by atoms with Crippen LogP contribution in [0.4, 0.5) is 18.9 Å². The molecule has 0 atom stereocenters. The molecule has 0 spiro atoms. The summed E-state index contributed by atoms with van der Waals surface area (Å²) in [5.74, 6) is 0. The summed E-state index contributed by atoms with van der Waals surface area (Å²) in [5.41, 5.74) is -0.612. The van der Waals surface area contributed by atoms with Gasteiger partial charge in [0.2, 0.25) is 0 Å². The maximum absolute atomic E-state index is 12.8. The van der Waals surface area contributed by atoms with E-state index in [9.17, 15) is 21.6 Å². The fraction of sp³-hybridized carbons (Fsp3) is 0.143. The Balaban J connectivity index is 2.45. The fourth-order valence-corrected chi connectivity index (χ4v) is 4.42. The third-order valence-corrected chi connectivity index (χ3v) is 5.40. The Morgan fingerprint density at radius 2 is 1.68 bits per heavy atom. The van der Waals surface area contributed by atoms with Crippen LogP contribution in [0.1, 0.15) is 5.56 Å². The topological polar surface area (TPSA) is 46.2 Å². The van der Waals surface area contributed by atoms with Gasteiger partial charge >= 0.3 is 132 Å². The summed E-state index contributed by atoms with van der Waals surface area (Å²) < 4.78 is 64.7. The van der Waals surface area contributed by atoms with Crippen molar-refractivity contribution in [3.8, 4) is 0 Å². The van der Waals surface area contributed by atoms with Gasteiger partial charge < -0.3 is 0 Å². The van der Waals surface area contributed by atoms with Crippen LogP contribution in [-0.2, 0) is 16.2 Å². The van der Waals surface area contributed by atoms with Gasteiger partial charge in [0.1, 0.15) is 0 Å². The minimum absolute atomic E-state index is 0.180. The number of rotatable bonds is 4. The Hall–Kier alpha value is -1.50. The Morgan fingerprint density at radius 1 is 1.05 bits per heavy atom. The maximum atomic E-state index is 12.8. The second-order valence-corrected chi connectivity index (χ2v) is 8.59. The molecule has 8 heteroatoms. The predicted molar refractivity (Wildman–Crippen MR) is 81.4 cm³/mol. The quantitative estimate of drug-likeness (QED) is 0.804. The first kappa shape index (κ1) is 16.9. The molecule has 2 rings (SSSR count). The molecule has 0 amide bonds. The van der Waals surface area contributed by atoms with E-state index in [1.807, 2.05) is 0 Å². The van der Waals surface area contributed by atoms with Crippen LogP contribution in [-0.4, -0.2) is 29.6 Å². The summed E-state index contributed by atoms with van der Waals surface area (Å²) in [6.45, 7) is 0. The second kappa shape index (κ2) is 6.32. The van der Waals surface area contributed by atoms with Crippen LogP contribution in [0.25, 0.3) is 0 Å². The molecule has 0 radical (unpaired) electrons. The third-order valence-electron chi connectivity index (χ3n) is 2.58. The molecule has 0 heterocycles. The Morgan fingerprint density at radius 3 is 2.23 bits per heavy atom. The van der Waals surface area contributed by atoms with Crippen molar-refractivity contribution >= 4 is 39.6 Å². The number of hydrogen-bond acceptors (Lipinski definition) is 2. The summed E-state index contributed by atoms with van der Waals surface area (Å²) in [7, 11) is -3.56. The first-order valence-corrected chi connectivity index (χ1v) is 9.67. The zero-order valence-corrected chi connectivity index (χ0v) is 13.9. The van der Waals surface area contributed by atoms with E-state index in [-0.39, 0.29) is 5.69 Å². The first-order chi connectivity index (χ1) is 10.1. The molecule has 2 aromatic rings. The summed E-state index contributed by atoms with van der Waals surface area (Å²) >= 11 is -0.449. The number of halogens is 3. The van der Waals surface area contributed by atoms with Gasteiger partial charge in [0.25, 0.3) is 0 Å². The minimum atomic E-state index is -4.47. The SMILES string of the molecule is CS(=O)(=O)Nc1ccc(C(F)(F)F)cc1[Se]c1ccccc1. The normalized spacial score (nSPS) is 12.2. The molecular formula is C14H12F3NO2SSe. The standard InChI is InChI=1S/C14H12F3NO2SSe/c1-21(19,20)18-12-8-7-10(14(15,16)17)9-13(12)22-11-5-3-2-4-6-11/h2-9,18H,1H3. The van der Waals surface area contributed by atoms with Gasteiger partial charge in [-0.15, -0.1) is 0 Å². The Bertz CT molecular complexity index is 761. The average molecular weight is 394 g/mol. The third kappa shape index (κ3) is 4.76. The monoisotopic (exact) mass is 395 g/mol. The van der Waals surface area contributed by atoms with E-state index < -0.39 is 36.7 Å². The van der Waals surface area contributed by atoms with Crippen molar-refractivity contribution in [1.82, 2.24) is 0 Å². The number of nitrogens with one attached hydrogen (secondary N) is 1. The van der Waals surface area contributed by atoms with Crippen molar-refractivity contribution in [3.05, 3.63) is 54.1 Å². The van der Waals surface area contributed by atoms with Gasteiger partial charge in [0.15, 0.2) is 0 Å². The summed E-state index contributed by atoms with van der Waals surface area (Å²) in [6, 6.07) is 12.0. The molecule has 0 aromatic heterocycles. The Labute approximate surface area is 132 Å². The van der Waals surface area contributed by atoms with E-state index in [0.29, 0.717) is 4.46 Å². The number of alkyl halides is 3. The van der Waals surface area contributed by atoms with E-state index in [1.165, 1.54) is 0 Å². The number of sulfonamides is 1. The van der Waals surface area contributed by atoms with Crippen LogP contribution in [0, 0.1) is 0 Å². The molecule has 3 nitrogen and oxygen atoms in total. The molecule has 118 valence electrons. The number of benzene rings is 2. The van der Waals surface area contributed by atoms with Crippen LogP contribution >= 0.6 is 0 Å². The summed E-state index contributed by atoms with van der Waals surface area (Å²) in [5, 5.41) is 0. The molecule has 0 bridgehead atoms. The fourth-order valence-electron chi connectivity index (χ4n) is 1.68. The van der Waals surface area contributed by atoms with Crippen molar-refractivity contribution in [2.45, 2.75) is 6.18 Å². The van der Waals surface area contributed by atoms with Crippen molar-refractivity contribution in [1.29, 1.82) is 0 Å².